The van der Waals surface area contributed by atoms with E-state index in [1.54, 1.807) is 0 Å². The van der Waals surface area contributed by atoms with Crippen LogP contribution in [0.25, 0.3) is 0 Å². The van der Waals surface area contributed by atoms with E-state index in [4.69, 9.17) is 0 Å². The largest absolute Gasteiger partial charge is 0.0958 e. The van der Waals surface area contributed by atoms with Crippen molar-refractivity contribution in [1.82, 2.24) is 0 Å². The molecule has 1 fully saturated rings. The summed E-state index contributed by atoms with van der Waals surface area (Å²) in [7, 11) is 0. The monoisotopic (exact) mass is 148 g/mol. The van der Waals surface area contributed by atoms with Crippen LogP contribution in [0, 0.1) is 0 Å². The van der Waals surface area contributed by atoms with Gasteiger partial charge in [-0.1, -0.05) is 43.7 Å². The van der Waals surface area contributed by atoms with Crippen LogP contribution in [0.5, 0.6) is 0 Å². The molecule has 0 heteroatoms. The summed E-state index contributed by atoms with van der Waals surface area (Å²) >= 11 is 0. The first-order valence-electron chi connectivity index (χ1n) is 4.30. The summed E-state index contributed by atoms with van der Waals surface area (Å²) in [5.41, 5.74) is 3.98. The van der Waals surface area contributed by atoms with Gasteiger partial charge in [-0.3, -0.25) is 0 Å². The molecule has 11 heavy (non-hydrogen) atoms. The minimum absolute atomic E-state index is 1.12. The molecular formula is C11H16. The lowest BCUT2D eigenvalue weighted by Crippen LogP contribution is -2.01. The summed E-state index contributed by atoms with van der Waals surface area (Å²) in [5, 5.41) is 0. The second kappa shape index (κ2) is 3.56. The van der Waals surface area contributed by atoms with E-state index in [2.05, 4.69) is 26.2 Å². The van der Waals surface area contributed by atoms with Crippen molar-refractivity contribution in [2.45, 2.75) is 32.6 Å². The van der Waals surface area contributed by atoms with Gasteiger partial charge in [-0.25, -0.2) is 0 Å². The molecule has 0 spiro atoms. The number of hydrogen-bond donors (Lipinski definition) is 0. The minimum Gasteiger partial charge on any atom is -0.0958 e. The Kier molecular flexibility index (Phi) is 2.70. The van der Waals surface area contributed by atoms with Gasteiger partial charge in [0, 0.05) is 0 Å². The highest BCUT2D eigenvalue weighted by atomic mass is 14.2. The van der Waals surface area contributed by atoms with Crippen LogP contribution in [-0.2, 0) is 0 Å². The van der Waals surface area contributed by atoms with E-state index in [9.17, 15) is 0 Å². The van der Waals surface area contributed by atoms with Gasteiger partial charge in [0.2, 0.25) is 0 Å². The maximum absolute atomic E-state index is 3.98. The first kappa shape index (κ1) is 8.32. The van der Waals surface area contributed by atoms with Gasteiger partial charge in [0.05, 0.1) is 0 Å². The molecule has 1 saturated carbocycles. The average molecular weight is 148 g/mol. The molecule has 1 rings (SSSR count). The molecule has 0 unspecified atom stereocenters. The Labute approximate surface area is 69.3 Å². The predicted octanol–water partition coefficient (Wildman–Crippen LogP) is 3.62. The van der Waals surface area contributed by atoms with E-state index in [1.165, 1.54) is 36.0 Å². The van der Waals surface area contributed by atoms with Crippen LogP contribution in [0.15, 0.2) is 36.0 Å². The van der Waals surface area contributed by atoms with E-state index in [0.29, 0.717) is 0 Å². The van der Waals surface area contributed by atoms with E-state index in [1.807, 2.05) is 0 Å². The maximum Gasteiger partial charge on any atom is -0.0236 e. The van der Waals surface area contributed by atoms with Crippen molar-refractivity contribution in [3.8, 4) is 0 Å². The van der Waals surface area contributed by atoms with Crippen molar-refractivity contribution in [2.24, 2.45) is 0 Å². The molecule has 0 heterocycles. The van der Waals surface area contributed by atoms with Crippen LogP contribution in [0.2, 0.25) is 0 Å². The molecular weight excluding hydrogens is 132 g/mol. The Balaban J connectivity index is 2.44. The molecule has 0 aliphatic heterocycles. The first-order chi connectivity index (χ1) is 5.24. The maximum atomic E-state index is 3.98. The molecule has 0 atom stereocenters. The molecule has 0 nitrogen and oxygen atoms in total. The summed E-state index contributed by atoms with van der Waals surface area (Å²) in [6, 6.07) is 0. The summed E-state index contributed by atoms with van der Waals surface area (Å²) in [5.74, 6) is 0. The van der Waals surface area contributed by atoms with Gasteiger partial charge in [-0.15, -0.1) is 0 Å². The van der Waals surface area contributed by atoms with Gasteiger partial charge in [0.25, 0.3) is 0 Å². The highest BCUT2D eigenvalue weighted by Crippen LogP contribution is 2.32. The van der Waals surface area contributed by atoms with Crippen LogP contribution in [-0.4, -0.2) is 0 Å². The molecule has 1 aliphatic carbocycles. The smallest absolute Gasteiger partial charge is 0.0236 e. The van der Waals surface area contributed by atoms with E-state index < -0.39 is 0 Å². The zero-order chi connectivity index (χ0) is 8.27. The van der Waals surface area contributed by atoms with Crippen LogP contribution in [0.4, 0.5) is 0 Å². The molecule has 60 valence electrons. The topological polar surface area (TPSA) is 0 Å². The van der Waals surface area contributed by atoms with Gasteiger partial charge in [0.15, 0.2) is 0 Å². The Hall–Kier alpha value is -0.780. The van der Waals surface area contributed by atoms with Crippen molar-refractivity contribution in [2.75, 3.05) is 0 Å². The quantitative estimate of drug-likeness (QED) is 0.573. The fourth-order valence-electron chi connectivity index (χ4n) is 1.26. The van der Waals surface area contributed by atoms with Gasteiger partial charge >= 0.3 is 0 Å². The normalized spacial score (nSPS) is 20.1. The fourth-order valence-corrected chi connectivity index (χ4v) is 1.26. The van der Waals surface area contributed by atoms with E-state index in [0.717, 1.165) is 6.42 Å². The van der Waals surface area contributed by atoms with E-state index >= 15 is 0 Å². The van der Waals surface area contributed by atoms with Crippen molar-refractivity contribution in [3.63, 3.8) is 0 Å². The summed E-state index contributed by atoms with van der Waals surface area (Å²) in [6.45, 7) is 10.1. The van der Waals surface area contributed by atoms with Crippen LogP contribution in [0.1, 0.15) is 32.6 Å². The van der Waals surface area contributed by atoms with Gasteiger partial charge < -0.3 is 0 Å². The molecule has 0 saturated heterocycles. The summed E-state index contributed by atoms with van der Waals surface area (Å²) in [6.07, 6.45) is 6.91. The average Bonchev–Trinajstić information content (AvgIpc) is 1.98. The van der Waals surface area contributed by atoms with Crippen LogP contribution >= 0.6 is 0 Å². The molecule has 0 N–H and O–H groups in total. The second-order valence-corrected chi connectivity index (χ2v) is 3.18. The summed E-state index contributed by atoms with van der Waals surface area (Å²) < 4.78 is 0. The third-order valence-corrected chi connectivity index (χ3v) is 2.10. The second-order valence-electron chi connectivity index (χ2n) is 3.18. The minimum atomic E-state index is 1.12. The molecule has 0 bridgehead atoms. The summed E-state index contributed by atoms with van der Waals surface area (Å²) in [4.78, 5) is 0. The lowest BCUT2D eigenvalue weighted by Gasteiger charge is -2.20. The Morgan fingerprint density at radius 3 is 2.64 bits per heavy atom. The Morgan fingerprint density at radius 2 is 2.27 bits per heavy atom. The standard InChI is InChI=1S/C11H16/c1-4-5-9(2)8-11-7-6-10(11)3/h8H,2-7H2,1H3/b11-8-. The van der Waals surface area contributed by atoms with Gasteiger partial charge in [0.1, 0.15) is 0 Å². The molecule has 0 aromatic rings. The first-order valence-corrected chi connectivity index (χ1v) is 4.30. The molecule has 0 aromatic heterocycles. The van der Waals surface area contributed by atoms with Crippen LogP contribution in [0.3, 0.4) is 0 Å². The van der Waals surface area contributed by atoms with Crippen molar-refractivity contribution < 1.29 is 0 Å². The lowest BCUT2D eigenvalue weighted by atomic mass is 9.85. The van der Waals surface area contributed by atoms with Crippen molar-refractivity contribution >= 4 is 0 Å². The highest BCUT2D eigenvalue weighted by Gasteiger charge is 2.12. The highest BCUT2D eigenvalue weighted by molar-refractivity contribution is 5.41. The number of allylic oxidation sites excluding steroid dienone is 4. The molecule has 0 amide bonds. The number of rotatable bonds is 3. The Morgan fingerprint density at radius 1 is 1.55 bits per heavy atom. The zero-order valence-electron chi connectivity index (χ0n) is 7.32. The molecule has 1 aliphatic rings. The number of hydrogen-bond acceptors (Lipinski definition) is 0. The molecule has 0 radical (unpaired) electrons. The third kappa shape index (κ3) is 2.07. The zero-order valence-corrected chi connectivity index (χ0v) is 7.32. The lowest BCUT2D eigenvalue weighted by molar-refractivity contribution is 0.821. The third-order valence-electron chi connectivity index (χ3n) is 2.10. The van der Waals surface area contributed by atoms with Gasteiger partial charge in [-0.05, 0) is 24.8 Å². The molecule has 0 aromatic carbocycles. The fraction of sp³-hybridized carbons (Fsp3) is 0.455. The SMILES string of the molecule is C=C(/C=C1/CCC1=C)CCC. The Bertz CT molecular complexity index is 206. The van der Waals surface area contributed by atoms with Crippen molar-refractivity contribution in [3.05, 3.63) is 36.0 Å². The van der Waals surface area contributed by atoms with Crippen LogP contribution < -0.4 is 0 Å². The predicted molar refractivity (Wildman–Crippen MR) is 50.5 cm³/mol. The van der Waals surface area contributed by atoms with Crippen molar-refractivity contribution in [1.29, 1.82) is 0 Å². The van der Waals surface area contributed by atoms with Gasteiger partial charge in [-0.2, -0.15) is 0 Å². The van der Waals surface area contributed by atoms with E-state index in [-0.39, 0.29) is 0 Å².